The molecule has 1 aromatic carbocycles. The molecule has 1 aliphatic heterocycles. The van der Waals surface area contributed by atoms with Gasteiger partial charge in [0.05, 0.1) is 13.1 Å². The number of nitrogens with two attached hydrogens (primary N) is 2. The smallest absolute Gasteiger partial charge is 0.224 e. The second kappa shape index (κ2) is 9.25. The molecule has 0 radical (unpaired) electrons. The normalized spacial score (nSPS) is 14.0. The maximum absolute atomic E-state index is 13.7. The summed E-state index contributed by atoms with van der Waals surface area (Å²) in [5.74, 6) is -3.26. The number of halogens is 5. The van der Waals surface area contributed by atoms with Crippen molar-refractivity contribution in [3.63, 3.8) is 0 Å². The first-order valence-corrected chi connectivity index (χ1v) is 7.69. The number of hydrogen-bond donors (Lipinski definition) is 2. The molecule has 12 heteroatoms. The second-order valence-corrected chi connectivity index (χ2v) is 5.99. The number of nitrogen functional groups attached to an aromatic ring is 1. The maximum Gasteiger partial charge on any atom is 0.224 e. The zero-order chi connectivity index (χ0) is 18.1. The first-order valence-electron chi connectivity index (χ1n) is 7.69. The highest BCUT2D eigenvalue weighted by atomic mass is 35.5. The van der Waals surface area contributed by atoms with Gasteiger partial charge in [0.1, 0.15) is 11.5 Å². The van der Waals surface area contributed by atoms with E-state index in [-0.39, 0.29) is 61.5 Å². The predicted octanol–water partition coefficient (Wildman–Crippen LogP) is 1.42. The number of fused-ring (bicyclic) bond motifs is 1. The number of hydrogen-bond acceptors (Lipinski definition) is 5. The number of benzene rings is 1. The van der Waals surface area contributed by atoms with E-state index in [1.54, 1.807) is 9.58 Å². The van der Waals surface area contributed by atoms with Crippen LogP contribution in [0.1, 0.15) is 17.7 Å². The van der Waals surface area contributed by atoms with Gasteiger partial charge in [0.25, 0.3) is 0 Å². The van der Waals surface area contributed by atoms with E-state index in [1.165, 1.54) is 0 Å². The lowest BCUT2D eigenvalue weighted by molar-refractivity contribution is -0.133. The zero-order valence-electron chi connectivity index (χ0n) is 14.1. The van der Waals surface area contributed by atoms with Crippen molar-refractivity contribution in [3.05, 3.63) is 40.8 Å². The van der Waals surface area contributed by atoms with E-state index in [2.05, 4.69) is 10.3 Å². The van der Waals surface area contributed by atoms with Crippen molar-refractivity contribution in [1.82, 2.24) is 19.9 Å². The van der Waals surface area contributed by atoms with E-state index in [9.17, 15) is 18.0 Å². The Bertz CT molecular complexity index is 819. The Morgan fingerprint density at radius 2 is 1.81 bits per heavy atom. The van der Waals surface area contributed by atoms with Gasteiger partial charge >= 0.3 is 0 Å². The molecule has 4 N–H and O–H groups in total. The van der Waals surface area contributed by atoms with Crippen LogP contribution in [-0.4, -0.2) is 38.4 Å². The molecule has 27 heavy (non-hydrogen) atoms. The van der Waals surface area contributed by atoms with Gasteiger partial charge in [0.2, 0.25) is 5.91 Å². The Hall–Kier alpha value is -2.04. The van der Waals surface area contributed by atoms with Gasteiger partial charge in [-0.2, -0.15) is 0 Å². The quantitative estimate of drug-likeness (QED) is 0.719. The fourth-order valence-corrected chi connectivity index (χ4v) is 2.80. The molecule has 0 fully saturated rings. The van der Waals surface area contributed by atoms with Crippen molar-refractivity contribution in [2.24, 2.45) is 5.73 Å². The molecule has 0 bridgehead atoms. The Morgan fingerprint density at radius 1 is 1.15 bits per heavy atom. The minimum atomic E-state index is -1.26. The lowest BCUT2D eigenvalue weighted by Gasteiger charge is -2.28. The number of amides is 1. The molecule has 2 aromatic rings. The van der Waals surface area contributed by atoms with Crippen LogP contribution in [0, 0.1) is 17.5 Å². The summed E-state index contributed by atoms with van der Waals surface area (Å²) in [4.78, 5) is 13.9. The van der Waals surface area contributed by atoms with Crippen LogP contribution < -0.4 is 11.5 Å². The molecule has 1 aromatic heterocycles. The van der Waals surface area contributed by atoms with E-state index in [0.29, 0.717) is 24.8 Å². The Kier molecular flexibility index (Phi) is 7.88. The highest BCUT2D eigenvalue weighted by Gasteiger charge is 2.25. The van der Waals surface area contributed by atoms with E-state index in [4.69, 9.17) is 11.5 Å². The Labute approximate surface area is 165 Å². The number of nitrogens with zero attached hydrogens (tertiary/aromatic N) is 4. The van der Waals surface area contributed by atoms with Crippen molar-refractivity contribution in [2.75, 3.05) is 12.3 Å². The van der Waals surface area contributed by atoms with Crippen LogP contribution in [0.2, 0.25) is 0 Å². The van der Waals surface area contributed by atoms with Crippen molar-refractivity contribution >= 4 is 36.5 Å². The Morgan fingerprint density at radius 3 is 2.52 bits per heavy atom. The largest absolute Gasteiger partial charge is 0.381 e. The van der Waals surface area contributed by atoms with Crippen LogP contribution in [0.5, 0.6) is 0 Å². The van der Waals surface area contributed by atoms with Crippen molar-refractivity contribution in [1.29, 1.82) is 0 Å². The standard InChI is InChI=1S/C15H17F3N6O.2ClH/c16-10-6-12(18)11(17)4-8(10)3-9(19)5-14(25)23-1-2-24-13(7-23)15(20)21-22-24;;/h4,6,9H,1-3,5,7,19-20H2;2*1H/t9-;;/m1../s1. The molecule has 3 rings (SSSR count). The molecule has 0 saturated carbocycles. The highest BCUT2D eigenvalue weighted by Crippen LogP contribution is 2.19. The van der Waals surface area contributed by atoms with Gasteiger partial charge < -0.3 is 16.4 Å². The molecule has 0 spiro atoms. The molecule has 7 nitrogen and oxygen atoms in total. The summed E-state index contributed by atoms with van der Waals surface area (Å²) in [5.41, 5.74) is 12.2. The van der Waals surface area contributed by atoms with Gasteiger partial charge in [-0.05, 0) is 18.1 Å². The third-order valence-corrected chi connectivity index (χ3v) is 4.15. The summed E-state index contributed by atoms with van der Waals surface area (Å²) >= 11 is 0. The third kappa shape index (κ3) is 5.02. The summed E-state index contributed by atoms with van der Waals surface area (Å²) in [7, 11) is 0. The van der Waals surface area contributed by atoms with Crippen LogP contribution in [0.4, 0.5) is 19.0 Å². The number of carbonyl (C=O) groups is 1. The average molecular weight is 427 g/mol. The minimum absolute atomic E-state index is 0. The molecular weight excluding hydrogens is 408 g/mol. The molecule has 1 amide bonds. The minimum Gasteiger partial charge on any atom is -0.381 e. The molecule has 0 saturated heterocycles. The van der Waals surface area contributed by atoms with Gasteiger partial charge in [-0.25, -0.2) is 17.9 Å². The molecule has 0 unspecified atom stereocenters. The fraction of sp³-hybridized carbons (Fsp3) is 0.400. The van der Waals surface area contributed by atoms with E-state index >= 15 is 0 Å². The third-order valence-electron chi connectivity index (χ3n) is 4.15. The number of carbonyl (C=O) groups excluding carboxylic acids is 1. The molecule has 0 aliphatic carbocycles. The van der Waals surface area contributed by atoms with E-state index in [0.717, 1.165) is 6.07 Å². The van der Waals surface area contributed by atoms with E-state index in [1.807, 2.05) is 0 Å². The van der Waals surface area contributed by atoms with Gasteiger partial charge in [-0.3, -0.25) is 4.79 Å². The van der Waals surface area contributed by atoms with Crippen LogP contribution >= 0.6 is 24.8 Å². The first-order chi connectivity index (χ1) is 11.8. The lowest BCUT2D eigenvalue weighted by Crippen LogP contribution is -2.41. The number of rotatable bonds is 4. The predicted molar refractivity (Wildman–Crippen MR) is 97.0 cm³/mol. The zero-order valence-corrected chi connectivity index (χ0v) is 15.7. The van der Waals surface area contributed by atoms with Crippen LogP contribution in [-0.2, 0) is 24.3 Å². The lowest BCUT2D eigenvalue weighted by atomic mass is 10.0. The molecular formula is C15H19Cl2F3N6O. The van der Waals surface area contributed by atoms with Gasteiger partial charge in [0, 0.05) is 25.1 Å². The van der Waals surface area contributed by atoms with Gasteiger partial charge in [0.15, 0.2) is 17.5 Å². The average Bonchev–Trinajstić information content (AvgIpc) is 2.93. The van der Waals surface area contributed by atoms with Crippen LogP contribution in [0.15, 0.2) is 12.1 Å². The van der Waals surface area contributed by atoms with Crippen molar-refractivity contribution < 1.29 is 18.0 Å². The van der Waals surface area contributed by atoms with Crippen LogP contribution in [0.3, 0.4) is 0 Å². The summed E-state index contributed by atoms with van der Waals surface area (Å²) in [6, 6.07) is 0.510. The monoisotopic (exact) mass is 426 g/mol. The SMILES string of the molecule is Cl.Cl.Nc1nnn2c1CN(C(=O)C[C@H](N)Cc1cc(F)c(F)cc1F)CC2. The number of anilines is 1. The molecule has 150 valence electrons. The summed E-state index contributed by atoms with van der Waals surface area (Å²) in [6.07, 6.45) is -0.135. The summed E-state index contributed by atoms with van der Waals surface area (Å²) < 4.78 is 41.5. The van der Waals surface area contributed by atoms with Crippen LogP contribution in [0.25, 0.3) is 0 Å². The number of aromatic nitrogens is 3. The van der Waals surface area contributed by atoms with Crippen molar-refractivity contribution in [3.8, 4) is 0 Å². The summed E-state index contributed by atoms with van der Waals surface area (Å²) in [5, 5.41) is 7.62. The highest BCUT2D eigenvalue weighted by molar-refractivity contribution is 5.85. The first kappa shape index (κ1) is 23.0. The topological polar surface area (TPSA) is 103 Å². The molecule has 1 atom stereocenters. The molecule has 1 aliphatic rings. The van der Waals surface area contributed by atoms with Crippen molar-refractivity contribution in [2.45, 2.75) is 32.0 Å². The fourth-order valence-electron chi connectivity index (χ4n) is 2.80. The maximum atomic E-state index is 13.7. The Balaban J connectivity index is 0.00000182. The molecule has 2 heterocycles. The van der Waals surface area contributed by atoms with Gasteiger partial charge in [-0.1, -0.05) is 5.21 Å². The van der Waals surface area contributed by atoms with E-state index < -0.39 is 23.5 Å². The van der Waals surface area contributed by atoms with Gasteiger partial charge in [-0.15, -0.1) is 29.9 Å². The second-order valence-electron chi connectivity index (χ2n) is 5.99. The summed E-state index contributed by atoms with van der Waals surface area (Å²) in [6.45, 7) is 1.17.